The van der Waals surface area contributed by atoms with Crippen molar-refractivity contribution in [3.63, 3.8) is 0 Å². The van der Waals surface area contributed by atoms with Gasteiger partial charge in [-0.3, -0.25) is 14.9 Å². The number of aromatic nitrogens is 2. The molecule has 0 bridgehead atoms. The highest BCUT2D eigenvalue weighted by atomic mass is 32.1. The second-order valence-corrected chi connectivity index (χ2v) is 8.02. The molecule has 28 heavy (non-hydrogen) atoms. The molecule has 1 aliphatic rings. The van der Waals surface area contributed by atoms with Gasteiger partial charge in [0.25, 0.3) is 5.69 Å². The number of aryl methyl sites for hydroxylation is 1. The molecule has 0 saturated carbocycles. The Hall–Kier alpha value is -2.55. The number of para-hydroxylation sites is 2. The van der Waals surface area contributed by atoms with Gasteiger partial charge < -0.3 is 10.2 Å². The molecule has 0 unspecified atom stereocenters. The van der Waals surface area contributed by atoms with Crippen molar-refractivity contribution in [2.75, 3.05) is 23.3 Å². The first-order valence-electron chi connectivity index (χ1n) is 9.70. The molecule has 3 rings (SSSR count). The van der Waals surface area contributed by atoms with Crippen molar-refractivity contribution in [2.24, 2.45) is 5.92 Å². The van der Waals surface area contributed by atoms with E-state index in [1.165, 1.54) is 23.8 Å². The van der Waals surface area contributed by atoms with Gasteiger partial charge in [-0.05, 0) is 25.3 Å². The predicted octanol–water partition coefficient (Wildman–Crippen LogP) is 4.03. The number of piperidine rings is 1. The van der Waals surface area contributed by atoms with Crippen LogP contribution in [0, 0.1) is 16.0 Å². The first-order chi connectivity index (χ1) is 13.6. The summed E-state index contributed by atoms with van der Waals surface area (Å²) in [7, 11) is 0. The summed E-state index contributed by atoms with van der Waals surface area (Å²) < 4.78 is 0. The zero-order valence-corrected chi connectivity index (χ0v) is 16.8. The number of unbranched alkanes of at least 4 members (excludes halogenated alkanes) is 2. The Morgan fingerprint density at radius 3 is 2.75 bits per heavy atom. The summed E-state index contributed by atoms with van der Waals surface area (Å²) in [5, 5.41) is 23.8. The molecular weight excluding hydrogens is 378 g/mol. The average Bonchev–Trinajstić information content (AvgIpc) is 3.15. The van der Waals surface area contributed by atoms with E-state index in [1.54, 1.807) is 18.2 Å². The minimum Gasteiger partial charge on any atom is -0.366 e. The molecule has 1 N–H and O–H groups in total. The minimum atomic E-state index is -0.359. The van der Waals surface area contributed by atoms with Crippen molar-refractivity contribution >= 4 is 33.8 Å². The molecule has 1 saturated heterocycles. The third kappa shape index (κ3) is 5.03. The van der Waals surface area contributed by atoms with Crippen LogP contribution in [0.2, 0.25) is 0 Å². The van der Waals surface area contributed by atoms with Crippen LogP contribution in [0.4, 0.5) is 16.5 Å². The van der Waals surface area contributed by atoms with Crippen molar-refractivity contribution in [2.45, 2.75) is 45.4 Å². The molecule has 2 heterocycles. The van der Waals surface area contributed by atoms with Crippen molar-refractivity contribution < 1.29 is 9.72 Å². The van der Waals surface area contributed by atoms with Crippen LogP contribution in [0.3, 0.4) is 0 Å². The van der Waals surface area contributed by atoms with Gasteiger partial charge in [0, 0.05) is 31.5 Å². The molecular formula is C19H25N5O3S. The van der Waals surface area contributed by atoms with E-state index in [-0.39, 0.29) is 22.4 Å². The Morgan fingerprint density at radius 1 is 1.29 bits per heavy atom. The van der Waals surface area contributed by atoms with Gasteiger partial charge in [0.1, 0.15) is 10.7 Å². The fourth-order valence-electron chi connectivity index (χ4n) is 3.41. The van der Waals surface area contributed by atoms with E-state index < -0.39 is 0 Å². The van der Waals surface area contributed by atoms with Crippen molar-refractivity contribution in [3.8, 4) is 0 Å². The summed E-state index contributed by atoms with van der Waals surface area (Å²) in [5.74, 6) is -0.162. The van der Waals surface area contributed by atoms with E-state index in [1.807, 2.05) is 4.90 Å². The number of hydrogen-bond donors (Lipinski definition) is 1. The number of hydrogen-bond acceptors (Lipinski definition) is 7. The number of benzene rings is 1. The van der Waals surface area contributed by atoms with Crippen LogP contribution < -0.4 is 10.2 Å². The molecule has 1 aliphatic heterocycles. The van der Waals surface area contributed by atoms with E-state index in [0.717, 1.165) is 24.3 Å². The number of nitrogens with one attached hydrogen (secondary N) is 1. The molecule has 1 fully saturated rings. The Balaban J connectivity index is 1.52. The number of nitrogens with zero attached hydrogens (tertiary/aromatic N) is 4. The fourth-order valence-corrected chi connectivity index (χ4v) is 4.19. The Labute approximate surface area is 168 Å². The molecule has 1 aromatic carbocycles. The highest BCUT2D eigenvalue weighted by Crippen LogP contribution is 2.31. The van der Waals surface area contributed by atoms with Gasteiger partial charge in [0.2, 0.25) is 11.0 Å². The van der Waals surface area contributed by atoms with Crippen molar-refractivity contribution in [3.05, 3.63) is 39.4 Å². The number of carbonyl (C=O) groups is 1. The SMILES string of the molecule is CCCCCc1nnc(NC(=O)C2CCN(c3ccccc3[N+](=O)[O-])CC2)s1. The molecule has 0 atom stereocenters. The van der Waals surface area contributed by atoms with E-state index in [4.69, 9.17) is 0 Å². The Bertz CT molecular complexity index is 817. The van der Waals surface area contributed by atoms with Gasteiger partial charge in [0.15, 0.2) is 0 Å². The van der Waals surface area contributed by atoms with E-state index >= 15 is 0 Å². The summed E-state index contributed by atoms with van der Waals surface area (Å²) in [6.45, 7) is 3.38. The maximum atomic E-state index is 12.6. The van der Waals surface area contributed by atoms with Crippen LogP contribution >= 0.6 is 11.3 Å². The lowest BCUT2D eigenvalue weighted by molar-refractivity contribution is -0.384. The summed E-state index contributed by atoms with van der Waals surface area (Å²) in [6, 6.07) is 6.75. The zero-order chi connectivity index (χ0) is 19.9. The van der Waals surface area contributed by atoms with E-state index in [9.17, 15) is 14.9 Å². The number of amides is 1. The summed E-state index contributed by atoms with van der Waals surface area (Å²) in [6.07, 6.45) is 5.62. The second kappa shape index (κ2) is 9.59. The van der Waals surface area contributed by atoms with Crippen molar-refractivity contribution in [1.82, 2.24) is 10.2 Å². The second-order valence-electron chi connectivity index (χ2n) is 6.95. The lowest BCUT2D eigenvalue weighted by Crippen LogP contribution is -2.38. The largest absolute Gasteiger partial charge is 0.366 e. The highest BCUT2D eigenvalue weighted by Gasteiger charge is 2.28. The molecule has 150 valence electrons. The Kier molecular flexibility index (Phi) is 6.91. The van der Waals surface area contributed by atoms with E-state index in [2.05, 4.69) is 22.4 Å². The van der Waals surface area contributed by atoms with Crippen LogP contribution in [0.1, 0.15) is 44.0 Å². The number of nitro groups is 1. The standard InChI is InChI=1S/C19H25N5O3S/c1-2-3-4-9-17-21-22-19(28-17)20-18(25)14-10-12-23(13-11-14)15-7-5-6-8-16(15)24(26)27/h5-8,14H,2-4,9-13H2,1H3,(H,20,22,25). The van der Waals surface area contributed by atoms with Crippen LogP contribution in [-0.4, -0.2) is 34.1 Å². The number of nitro benzene ring substituents is 1. The summed E-state index contributed by atoms with van der Waals surface area (Å²) >= 11 is 1.44. The monoisotopic (exact) mass is 403 g/mol. The van der Waals surface area contributed by atoms with Gasteiger partial charge >= 0.3 is 0 Å². The molecule has 1 aromatic heterocycles. The first-order valence-corrected chi connectivity index (χ1v) is 10.5. The average molecular weight is 404 g/mol. The minimum absolute atomic E-state index is 0.0431. The summed E-state index contributed by atoms with van der Waals surface area (Å²) in [5.41, 5.74) is 0.724. The van der Waals surface area contributed by atoms with Gasteiger partial charge in [-0.2, -0.15) is 0 Å². The topological polar surface area (TPSA) is 101 Å². The number of rotatable bonds is 8. The predicted molar refractivity (Wildman–Crippen MR) is 110 cm³/mol. The number of carbonyl (C=O) groups excluding carboxylic acids is 1. The molecule has 0 spiro atoms. The fraction of sp³-hybridized carbons (Fsp3) is 0.526. The van der Waals surface area contributed by atoms with Crippen molar-refractivity contribution in [1.29, 1.82) is 0 Å². The normalized spacial score (nSPS) is 14.8. The van der Waals surface area contributed by atoms with Crippen LogP contribution in [-0.2, 0) is 11.2 Å². The van der Waals surface area contributed by atoms with Gasteiger partial charge in [-0.25, -0.2) is 0 Å². The lowest BCUT2D eigenvalue weighted by atomic mass is 9.95. The van der Waals surface area contributed by atoms with Gasteiger partial charge in [0.05, 0.1) is 4.92 Å². The molecule has 1 amide bonds. The van der Waals surface area contributed by atoms with Crippen LogP contribution in [0.5, 0.6) is 0 Å². The maximum Gasteiger partial charge on any atom is 0.292 e. The molecule has 2 aromatic rings. The molecule has 8 nitrogen and oxygen atoms in total. The molecule has 9 heteroatoms. The third-order valence-electron chi connectivity index (χ3n) is 4.98. The highest BCUT2D eigenvalue weighted by molar-refractivity contribution is 7.15. The molecule has 0 radical (unpaired) electrons. The number of anilines is 2. The van der Waals surface area contributed by atoms with Gasteiger partial charge in [-0.15, -0.1) is 10.2 Å². The smallest absolute Gasteiger partial charge is 0.292 e. The van der Waals surface area contributed by atoms with Crippen LogP contribution in [0.15, 0.2) is 24.3 Å². The molecule has 0 aliphatic carbocycles. The zero-order valence-electron chi connectivity index (χ0n) is 16.0. The summed E-state index contributed by atoms with van der Waals surface area (Å²) in [4.78, 5) is 25.4. The quantitative estimate of drug-likeness (QED) is 0.406. The van der Waals surface area contributed by atoms with E-state index in [0.29, 0.717) is 36.8 Å². The van der Waals surface area contributed by atoms with Gasteiger partial charge in [-0.1, -0.05) is 43.2 Å². The first kappa shape index (κ1) is 20.2. The Morgan fingerprint density at radius 2 is 2.04 bits per heavy atom. The lowest BCUT2D eigenvalue weighted by Gasteiger charge is -2.32. The maximum absolute atomic E-state index is 12.6. The third-order valence-corrected chi connectivity index (χ3v) is 5.87. The van der Waals surface area contributed by atoms with Crippen LogP contribution in [0.25, 0.3) is 0 Å².